The Morgan fingerprint density at radius 1 is 1.22 bits per heavy atom. The van der Waals surface area contributed by atoms with Gasteiger partial charge >= 0.3 is 0 Å². The van der Waals surface area contributed by atoms with Crippen molar-refractivity contribution in [2.45, 2.75) is 33.6 Å². The van der Waals surface area contributed by atoms with Crippen LogP contribution >= 0.6 is 15.9 Å². The second-order valence-corrected chi connectivity index (χ2v) is 3.55. The lowest BCUT2D eigenvalue weighted by atomic mass is 9.94. The lowest BCUT2D eigenvalue weighted by Gasteiger charge is -2.15. The highest BCUT2D eigenvalue weighted by atomic mass is 79.9. The summed E-state index contributed by atoms with van der Waals surface area (Å²) < 4.78 is 0. The average Bonchev–Trinajstić information content (AvgIpc) is 1.87. The lowest BCUT2D eigenvalue weighted by Crippen LogP contribution is -2.08. The Kier molecular flexibility index (Phi) is 5.56. The molecule has 0 nitrogen and oxygen atoms in total. The van der Waals surface area contributed by atoms with Crippen LogP contribution in [-0.4, -0.2) is 5.33 Å². The van der Waals surface area contributed by atoms with Crippen molar-refractivity contribution >= 4 is 15.9 Å². The van der Waals surface area contributed by atoms with Gasteiger partial charge in [-0.05, 0) is 11.8 Å². The van der Waals surface area contributed by atoms with Gasteiger partial charge in [-0.3, -0.25) is 0 Å². The molecule has 2 atom stereocenters. The molecule has 0 saturated heterocycles. The number of hydrogen-bond donors (Lipinski definition) is 0. The van der Waals surface area contributed by atoms with Crippen molar-refractivity contribution in [3.8, 4) is 0 Å². The third-order valence-corrected chi connectivity index (χ3v) is 2.98. The molecule has 56 valence electrons. The molecule has 0 aliphatic rings. The first-order valence-electron chi connectivity index (χ1n) is 3.78. The van der Waals surface area contributed by atoms with Crippen molar-refractivity contribution in [1.82, 2.24) is 0 Å². The SMILES string of the molecule is CCCC(C)C(C)CBr. The Balaban J connectivity index is 3.32. The molecule has 0 N–H and O–H groups in total. The Bertz CT molecular complexity index is 61.6. The van der Waals surface area contributed by atoms with Crippen LogP contribution in [0.25, 0.3) is 0 Å². The number of halogens is 1. The molecule has 0 bridgehead atoms. The highest BCUT2D eigenvalue weighted by Crippen LogP contribution is 2.17. The summed E-state index contributed by atoms with van der Waals surface area (Å²) in [5, 5.41) is 1.15. The van der Waals surface area contributed by atoms with Crippen molar-refractivity contribution < 1.29 is 0 Å². The molecular weight excluding hydrogens is 176 g/mol. The van der Waals surface area contributed by atoms with Gasteiger partial charge in [0, 0.05) is 5.33 Å². The van der Waals surface area contributed by atoms with Crippen LogP contribution in [0.3, 0.4) is 0 Å². The molecule has 0 amide bonds. The zero-order chi connectivity index (χ0) is 7.28. The summed E-state index contributed by atoms with van der Waals surface area (Å²) in [6.45, 7) is 6.88. The molecule has 0 spiro atoms. The highest BCUT2D eigenvalue weighted by Gasteiger charge is 2.08. The summed E-state index contributed by atoms with van der Waals surface area (Å²) in [5.41, 5.74) is 0. The summed E-state index contributed by atoms with van der Waals surface area (Å²) in [5.74, 6) is 1.72. The van der Waals surface area contributed by atoms with Gasteiger partial charge < -0.3 is 0 Å². The Labute approximate surface area is 67.2 Å². The fraction of sp³-hybridized carbons (Fsp3) is 1.00. The molecule has 1 heteroatoms. The van der Waals surface area contributed by atoms with Gasteiger partial charge in [-0.2, -0.15) is 0 Å². The first-order chi connectivity index (χ1) is 4.22. The summed E-state index contributed by atoms with van der Waals surface area (Å²) >= 11 is 3.49. The van der Waals surface area contributed by atoms with Crippen molar-refractivity contribution in [1.29, 1.82) is 0 Å². The van der Waals surface area contributed by atoms with Crippen LogP contribution in [-0.2, 0) is 0 Å². The van der Waals surface area contributed by atoms with Gasteiger partial charge in [0.25, 0.3) is 0 Å². The van der Waals surface area contributed by atoms with Crippen molar-refractivity contribution in [3.63, 3.8) is 0 Å². The summed E-state index contributed by atoms with van der Waals surface area (Å²) in [6, 6.07) is 0. The molecule has 0 heterocycles. The van der Waals surface area contributed by atoms with Gasteiger partial charge in [0.05, 0.1) is 0 Å². The summed E-state index contributed by atoms with van der Waals surface area (Å²) in [4.78, 5) is 0. The lowest BCUT2D eigenvalue weighted by molar-refractivity contribution is 0.396. The second kappa shape index (κ2) is 5.28. The molecule has 0 radical (unpaired) electrons. The van der Waals surface area contributed by atoms with Crippen LogP contribution in [0.4, 0.5) is 0 Å². The number of alkyl halides is 1. The molecule has 0 aromatic carbocycles. The zero-order valence-corrected chi connectivity index (χ0v) is 8.24. The predicted molar refractivity (Wildman–Crippen MR) is 47.0 cm³/mol. The predicted octanol–water partition coefficient (Wildman–Crippen LogP) is 3.45. The molecule has 0 aliphatic carbocycles. The van der Waals surface area contributed by atoms with E-state index in [9.17, 15) is 0 Å². The summed E-state index contributed by atoms with van der Waals surface area (Å²) in [7, 11) is 0. The molecule has 0 fully saturated rings. The van der Waals surface area contributed by atoms with Crippen LogP contribution in [0.5, 0.6) is 0 Å². The Morgan fingerprint density at radius 2 is 1.78 bits per heavy atom. The fourth-order valence-corrected chi connectivity index (χ4v) is 1.53. The maximum absolute atomic E-state index is 3.49. The standard InChI is InChI=1S/C8H17Br/c1-4-5-7(2)8(3)6-9/h7-8H,4-6H2,1-3H3. The molecule has 2 unspecified atom stereocenters. The first kappa shape index (κ1) is 9.48. The molecule has 0 aromatic rings. The van der Waals surface area contributed by atoms with E-state index in [1.54, 1.807) is 0 Å². The van der Waals surface area contributed by atoms with E-state index < -0.39 is 0 Å². The molecule has 0 saturated carbocycles. The largest absolute Gasteiger partial charge is 0.0925 e. The van der Waals surface area contributed by atoms with Gasteiger partial charge in [-0.25, -0.2) is 0 Å². The average molecular weight is 193 g/mol. The molecule has 0 aliphatic heterocycles. The van der Waals surface area contributed by atoms with Gasteiger partial charge in [0.2, 0.25) is 0 Å². The highest BCUT2D eigenvalue weighted by molar-refractivity contribution is 9.09. The van der Waals surface area contributed by atoms with Crippen LogP contribution in [0.2, 0.25) is 0 Å². The van der Waals surface area contributed by atoms with Crippen LogP contribution in [0.1, 0.15) is 33.6 Å². The monoisotopic (exact) mass is 192 g/mol. The topological polar surface area (TPSA) is 0 Å². The Morgan fingerprint density at radius 3 is 2.11 bits per heavy atom. The van der Waals surface area contributed by atoms with E-state index in [4.69, 9.17) is 0 Å². The minimum atomic E-state index is 0.838. The minimum Gasteiger partial charge on any atom is -0.0925 e. The van der Waals surface area contributed by atoms with Gasteiger partial charge in [0.1, 0.15) is 0 Å². The van der Waals surface area contributed by atoms with E-state index in [-0.39, 0.29) is 0 Å². The third kappa shape index (κ3) is 3.96. The van der Waals surface area contributed by atoms with Crippen molar-refractivity contribution in [2.75, 3.05) is 5.33 Å². The van der Waals surface area contributed by atoms with Crippen LogP contribution in [0, 0.1) is 11.8 Å². The second-order valence-electron chi connectivity index (χ2n) is 2.90. The van der Waals surface area contributed by atoms with E-state index in [1.807, 2.05) is 0 Å². The smallest absolute Gasteiger partial charge is 0.00595 e. The fourth-order valence-electron chi connectivity index (χ4n) is 0.892. The zero-order valence-electron chi connectivity index (χ0n) is 6.65. The Hall–Kier alpha value is 0.480. The van der Waals surface area contributed by atoms with Gasteiger partial charge in [-0.1, -0.05) is 49.5 Å². The molecule has 9 heavy (non-hydrogen) atoms. The number of rotatable bonds is 4. The van der Waals surface area contributed by atoms with E-state index in [2.05, 4.69) is 36.7 Å². The quantitative estimate of drug-likeness (QED) is 0.600. The van der Waals surface area contributed by atoms with Crippen molar-refractivity contribution in [2.24, 2.45) is 11.8 Å². The first-order valence-corrected chi connectivity index (χ1v) is 4.90. The maximum Gasteiger partial charge on any atom is 0.00595 e. The van der Waals surface area contributed by atoms with Crippen molar-refractivity contribution in [3.05, 3.63) is 0 Å². The van der Waals surface area contributed by atoms with Gasteiger partial charge in [0.15, 0.2) is 0 Å². The van der Waals surface area contributed by atoms with E-state index in [1.165, 1.54) is 12.8 Å². The normalized spacial score (nSPS) is 17.3. The number of hydrogen-bond acceptors (Lipinski definition) is 0. The van der Waals surface area contributed by atoms with Crippen LogP contribution < -0.4 is 0 Å². The molecule has 0 rings (SSSR count). The summed E-state index contributed by atoms with van der Waals surface area (Å²) in [6.07, 6.45) is 2.69. The van der Waals surface area contributed by atoms with Crippen LogP contribution in [0.15, 0.2) is 0 Å². The maximum atomic E-state index is 3.49. The molecular formula is C8H17Br. The van der Waals surface area contributed by atoms with E-state index >= 15 is 0 Å². The van der Waals surface area contributed by atoms with E-state index in [0.717, 1.165) is 17.2 Å². The molecule has 0 aromatic heterocycles. The third-order valence-electron chi connectivity index (χ3n) is 1.96. The van der Waals surface area contributed by atoms with E-state index in [0.29, 0.717) is 0 Å². The minimum absolute atomic E-state index is 0.838. The van der Waals surface area contributed by atoms with Gasteiger partial charge in [-0.15, -0.1) is 0 Å².